The summed E-state index contributed by atoms with van der Waals surface area (Å²) in [4.78, 5) is 0. The highest BCUT2D eigenvalue weighted by Crippen LogP contribution is 2.38. The molecule has 0 radical (unpaired) electrons. The lowest BCUT2D eigenvalue weighted by atomic mass is 9.94. The smallest absolute Gasteiger partial charge is 0.161 e. The molecule has 0 amide bonds. The van der Waals surface area contributed by atoms with Crippen molar-refractivity contribution in [3.05, 3.63) is 71.4 Å². The van der Waals surface area contributed by atoms with E-state index in [2.05, 4.69) is 24.4 Å². The van der Waals surface area contributed by atoms with Crippen LogP contribution in [-0.2, 0) is 13.0 Å². The van der Waals surface area contributed by atoms with Crippen LogP contribution in [-0.4, -0.2) is 41.1 Å². The molecule has 34 heavy (non-hydrogen) atoms. The van der Waals surface area contributed by atoms with Gasteiger partial charge < -0.3 is 19.9 Å². The van der Waals surface area contributed by atoms with Gasteiger partial charge >= 0.3 is 0 Å². The Hall–Kier alpha value is -3.86. The van der Waals surface area contributed by atoms with E-state index in [1.54, 1.807) is 0 Å². The van der Waals surface area contributed by atoms with E-state index in [9.17, 15) is 5.26 Å². The Morgan fingerprint density at radius 1 is 1.09 bits per heavy atom. The van der Waals surface area contributed by atoms with Crippen molar-refractivity contribution in [3.8, 4) is 40.0 Å². The third-order valence-electron chi connectivity index (χ3n) is 6.02. The molecule has 0 unspecified atom stereocenters. The Morgan fingerprint density at radius 2 is 1.91 bits per heavy atom. The predicted octanol–water partition coefficient (Wildman–Crippen LogP) is 3.96. The van der Waals surface area contributed by atoms with Gasteiger partial charge in [-0.05, 0) is 41.3 Å². The number of pyridine rings is 1. The van der Waals surface area contributed by atoms with Crippen LogP contribution < -0.4 is 14.8 Å². The standard InChI is InChI=1S/C27H26N4O3/c1-2-19-12-18(16-29-8-9-32)17-31-25(19)14-24(30-31)22-5-3-4-21(23(22)15-28)20-6-7-26-27(13-20)34-11-10-33-26/h3-7,12-14,17,29,32H,2,8-11,16H2,1H3. The lowest BCUT2D eigenvalue weighted by Gasteiger charge is -2.19. The highest BCUT2D eigenvalue weighted by molar-refractivity contribution is 5.83. The van der Waals surface area contributed by atoms with Crippen molar-refractivity contribution in [2.75, 3.05) is 26.4 Å². The summed E-state index contributed by atoms with van der Waals surface area (Å²) in [5.74, 6) is 1.42. The summed E-state index contributed by atoms with van der Waals surface area (Å²) in [5.41, 5.74) is 7.16. The fourth-order valence-corrected chi connectivity index (χ4v) is 4.39. The number of ether oxygens (including phenoxy) is 2. The summed E-state index contributed by atoms with van der Waals surface area (Å²) in [6.07, 6.45) is 2.86. The van der Waals surface area contributed by atoms with Gasteiger partial charge in [-0.2, -0.15) is 10.4 Å². The third kappa shape index (κ3) is 4.10. The highest BCUT2D eigenvalue weighted by Gasteiger charge is 2.18. The maximum atomic E-state index is 10.1. The summed E-state index contributed by atoms with van der Waals surface area (Å²) < 4.78 is 13.3. The molecule has 5 rings (SSSR count). The van der Waals surface area contributed by atoms with Gasteiger partial charge in [0, 0.05) is 30.4 Å². The summed E-state index contributed by atoms with van der Waals surface area (Å²) in [6, 6.07) is 18.2. The minimum atomic E-state index is 0.103. The van der Waals surface area contributed by atoms with Gasteiger partial charge in [-0.3, -0.25) is 0 Å². The number of aromatic nitrogens is 2. The Balaban J connectivity index is 1.58. The molecule has 0 bridgehead atoms. The second-order valence-electron chi connectivity index (χ2n) is 8.19. The molecule has 0 saturated carbocycles. The molecule has 2 aromatic heterocycles. The van der Waals surface area contributed by atoms with E-state index in [1.165, 1.54) is 5.56 Å². The van der Waals surface area contributed by atoms with E-state index in [1.807, 2.05) is 53.2 Å². The summed E-state index contributed by atoms with van der Waals surface area (Å²) in [5, 5.41) is 27.2. The second kappa shape index (κ2) is 9.56. The lowest BCUT2D eigenvalue weighted by Crippen LogP contribution is -2.18. The van der Waals surface area contributed by atoms with Gasteiger partial charge in [0.25, 0.3) is 0 Å². The molecule has 7 heteroatoms. The Morgan fingerprint density at radius 3 is 2.71 bits per heavy atom. The number of benzene rings is 2. The number of nitrogens with zero attached hydrogens (tertiary/aromatic N) is 3. The van der Waals surface area contributed by atoms with E-state index in [0.29, 0.717) is 37.6 Å². The molecular weight excluding hydrogens is 428 g/mol. The second-order valence-corrected chi connectivity index (χ2v) is 8.19. The molecular formula is C27H26N4O3. The summed E-state index contributed by atoms with van der Waals surface area (Å²) in [6.45, 7) is 4.48. The number of rotatable bonds is 7. The van der Waals surface area contributed by atoms with Crippen molar-refractivity contribution in [2.24, 2.45) is 0 Å². The van der Waals surface area contributed by atoms with Gasteiger partial charge in [-0.15, -0.1) is 0 Å². The van der Waals surface area contributed by atoms with Crippen LogP contribution in [0, 0.1) is 11.3 Å². The van der Waals surface area contributed by atoms with Crippen molar-refractivity contribution in [3.63, 3.8) is 0 Å². The fourth-order valence-electron chi connectivity index (χ4n) is 4.39. The van der Waals surface area contributed by atoms with Crippen LogP contribution >= 0.6 is 0 Å². The molecule has 0 spiro atoms. The van der Waals surface area contributed by atoms with E-state index in [4.69, 9.17) is 19.7 Å². The fraction of sp³-hybridized carbons (Fsp3) is 0.259. The summed E-state index contributed by atoms with van der Waals surface area (Å²) >= 11 is 0. The SMILES string of the molecule is CCc1cc(CNCCO)cn2nc(-c3cccc(-c4ccc5c(c4)OCCO5)c3C#N)cc12. The van der Waals surface area contributed by atoms with Crippen molar-refractivity contribution < 1.29 is 14.6 Å². The molecule has 1 aliphatic rings. The monoisotopic (exact) mass is 454 g/mol. The van der Waals surface area contributed by atoms with Gasteiger partial charge in [0.05, 0.1) is 23.4 Å². The minimum Gasteiger partial charge on any atom is -0.486 e. The van der Waals surface area contributed by atoms with Gasteiger partial charge in [0.2, 0.25) is 0 Å². The largest absolute Gasteiger partial charge is 0.486 e. The number of hydrogen-bond donors (Lipinski definition) is 2. The van der Waals surface area contributed by atoms with Crippen LogP contribution in [0.3, 0.4) is 0 Å². The molecule has 172 valence electrons. The highest BCUT2D eigenvalue weighted by atomic mass is 16.6. The maximum absolute atomic E-state index is 10.1. The predicted molar refractivity (Wildman–Crippen MR) is 130 cm³/mol. The number of aliphatic hydroxyl groups excluding tert-OH is 1. The number of nitrogens with one attached hydrogen (secondary N) is 1. The first-order valence-corrected chi connectivity index (χ1v) is 11.5. The van der Waals surface area contributed by atoms with Crippen LogP contribution in [0.4, 0.5) is 0 Å². The Kier molecular flexibility index (Phi) is 6.17. The first-order chi connectivity index (χ1) is 16.7. The summed E-state index contributed by atoms with van der Waals surface area (Å²) in [7, 11) is 0. The van der Waals surface area contributed by atoms with Gasteiger partial charge in [-0.1, -0.05) is 37.3 Å². The normalized spacial score (nSPS) is 12.6. The first-order valence-electron chi connectivity index (χ1n) is 11.5. The zero-order valence-electron chi connectivity index (χ0n) is 19.0. The van der Waals surface area contributed by atoms with E-state index in [0.717, 1.165) is 45.6 Å². The van der Waals surface area contributed by atoms with Gasteiger partial charge in [0.15, 0.2) is 11.5 Å². The molecule has 7 nitrogen and oxygen atoms in total. The average Bonchev–Trinajstić information content (AvgIpc) is 3.31. The van der Waals surface area contributed by atoms with Crippen molar-refractivity contribution in [1.29, 1.82) is 5.26 Å². The minimum absolute atomic E-state index is 0.103. The molecule has 1 aliphatic heterocycles. The maximum Gasteiger partial charge on any atom is 0.161 e. The number of aryl methyl sites for hydroxylation is 1. The van der Waals surface area contributed by atoms with Crippen molar-refractivity contribution in [2.45, 2.75) is 19.9 Å². The third-order valence-corrected chi connectivity index (χ3v) is 6.02. The lowest BCUT2D eigenvalue weighted by molar-refractivity contribution is 0.171. The number of fused-ring (bicyclic) bond motifs is 2. The van der Waals surface area contributed by atoms with Crippen LogP contribution in [0.15, 0.2) is 54.7 Å². The zero-order chi connectivity index (χ0) is 23.5. The van der Waals surface area contributed by atoms with Crippen molar-refractivity contribution in [1.82, 2.24) is 14.9 Å². The molecule has 2 N–H and O–H groups in total. The van der Waals surface area contributed by atoms with E-state index >= 15 is 0 Å². The zero-order valence-corrected chi connectivity index (χ0v) is 19.0. The Labute approximate surface area is 198 Å². The molecule has 0 aliphatic carbocycles. The molecule has 0 atom stereocenters. The molecule has 0 fully saturated rings. The average molecular weight is 455 g/mol. The topological polar surface area (TPSA) is 91.8 Å². The first kappa shape index (κ1) is 22.0. The molecule has 2 aromatic carbocycles. The molecule has 0 saturated heterocycles. The quantitative estimate of drug-likeness (QED) is 0.411. The van der Waals surface area contributed by atoms with E-state index in [-0.39, 0.29) is 6.61 Å². The van der Waals surface area contributed by atoms with Crippen LogP contribution in [0.25, 0.3) is 27.9 Å². The van der Waals surface area contributed by atoms with Gasteiger partial charge in [0.1, 0.15) is 19.3 Å². The van der Waals surface area contributed by atoms with Gasteiger partial charge in [-0.25, -0.2) is 4.52 Å². The molecule has 4 aromatic rings. The van der Waals surface area contributed by atoms with Crippen LogP contribution in [0.2, 0.25) is 0 Å². The Bertz CT molecular complexity index is 1390. The van der Waals surface area contributed by atoms with Crippen LogP contribution in [0.5, 0.6) is 11.5 Å². The van der Waals surface area contributed by atoms with E-state index < -0.39 is 0 Å². The molecule has 3 heterocycles. The number of aliphatic hydroxyl groups is 1. The number of hydrogen-bond acceptors (Lipinski definition) is 6. The number of nitriles is 1. The van der Waals surface area contributed by atoms with Crippen molar-refractivity contribution >= 4 is 5.52 Å². The van der Waals surface area contributed by atoms with Crippen LogP contribution in [0.1, 0.15) is 23.6 Å².